The standard InChI is InChI=1S/C75H135N2O7P/c1-7-10-13-16-19-22-25-28-30-32-34-36-38-40-42-44-46-49-52-55-58-61-64-67-74(78)76-72(71-83-85(80,81)82-70-69-77(4,5)6)73(66-63-60-57-54-51-48-27-24-21-18-15-12-9-3)84-75(79)68-65-62-59-56-53-50-47-45-43-41-39-37-35-33-31-29-26-23-20-17-14-11-8-2/h11,14,20,23,28-31,35,37,41,43,47,50,63,66,72-73H,7-10,12-13,15-19,21-22,24-27,32-34,36,38-40,42,44-46,48-49,51-62,64-65,67-71H2,1-6H3,(H-,76,78,80,81)/p+1/b14-11-,23-20-,30-28+,31-29-,37-35-,43-41-,50-47-,66-63+. The van der Waals surface area contributed by atoms with Gasteiger partial charge in [0, 0.05) is 12.8 Å². The second-order valence-corrected chi connectivity index (χ2v) is 26.5. The summed E-state index contributed by atoms with van der Waals surface area (Å²) in [6.07, 6.45) is 87.0. The number of unbranched alkanes of at least 4 members (excludes halogenated alkanes) is 34. The van der Waals surface area contributed by atoms with Gasteiger partial charge in [-0.2, -0.15) is 0 Å². The average molecular weight is 1210 g/mol. The van der Waals surface area contributed by atoms with Crippen molar-refractivity contribution < 1.29 is 37.3 Å². The molecule has 0 aromatic heterocycles. The molecule has 0 aliphatic carbocycles. The number of esters is 1. The molecule has 0 rings (SSSR count). The third kappa shape index (κ3) is 65.2. The number of amides is 1. The van der Waals surface area contributed by atoms with Gasteiger partial charge in [0.25, 0.3) is 0 Å². The zero-order valence-corrected chi connectivity index (χ0v) is 57.2. The SMILES string of the molecule is CC/C=C\C/C=C\C/C=C\C/C=C\C/C=C\C/C=C\CCCCCCC(=O)OC(/C=C/CCCCCCCCCCCCC)C(COP(=O)(O)OCC[N+](C)(C)C)NC(=O)CCCCCCCCCCCCCCC/C=C/CCCCCCCC. The maximum atomic E-state index is 13.6. The summed E-state index contributed by atoms with van der Waals surface area (Å²) in [6.45, 7) is 6.91. The maximum absolute atomic E-state index is 13.6. The van der Waals surface area contributed by atoms with E-state index in [9.17, 15) is 19.0 Å². The molecule has 0 bridgehead atoms. The van der Waals surface area contributed by atoms with Crippen LogP contribution < -0.4 is 5.32 Å². The summed E-state index contributed by atoms with van der Waals surface area (Å²) in [5.41, 5.74) is 0. The maximum Gasteiger partial charge on any atom is 0.472 e. The summed E-state index contributed by atoms with van der Waals surface area (Å²) in [6, 6.07) is -0.865. The molecule has 85 heavy (non-hydrogen) atoms. The Morgan fingerprint density at radius 1 is 0.424 bits per heavy atom. The van der Waals surface area contributed by atoms with Gasteiger partial charge in [0.15, 0.2) is 0 Å². The number of nitrogens with one attached hydrogen (secondary N) is 1. The third-order valence-corrected chi connectivity index (χ3v) is 16.5. The highest BCUT2D eigenvalue weighted by Gasteiger charge is 2.30. The largest absolute Gasteiger partial charge is 0.472 e. The summed E-state index contributed by atoms with van der Waals surface area (Å²) in [4.78, 5) is 37.9. The number of phosphoric acid groups is 1. The minimum absolute atomic E-state index is 0.0326. The number of rotatable bonds is 64. The van der Waals surface area contributed by atoms with Gasteiger partial charge < -0.3 is 19.4 Å². The van der Waals surface area contributed by atoms with Gasteiger partial charge in [0.2, 0.25) is 5.91 Å². The predicted molar refractivity (Wildman–Crippen MR) is 369 cm³/mol. The zero-order chi connectivity index (χ0) is 62.1. The van der Waals surface area contributed by atoms with E-state index < -0.39 is 20.0 Å². The summed E-state index contributed by atoms with van der Waals surface area (Å²) in [5.74, 6) is -0.529. The molecule has 0 radical (unpaired) electrons. The van der Waals surface area contributed by atoms with Crippen LogP contribution in [0.3, 0.4) is 0 Å². The van der Waals surface area contributed by atoms with E-state index in [1.165, 1.54) is 173 Å². The molecular weight excluding hydrogens is 1070 g/mol. The van der Waals surface area contributed by atoms with Crippen molar-refractivity contribution in [1.82, 2.24) is 5.32 Å². The molecule has 3 atom stereocenters. The molecule has 0 fully saturated rings. The Balaban J connectivity index is 5.18. The minimum atomic E-state index is -4.47. The van der Waals surface area contributed by atoms with Crippen molar-refractivity contribution in [3.8, 4) is 0 Å². The van der Waals surface area contributed by atoms with Crippen LogP contribution in [0.2, 0.25) is 0 Å². The Morgan fingerprint density at radius 3 is 1.14 bits per heavy atom. The number of hydrogen-bond acceptors (Lipinski definition) is 6. The molecule has 0 aromatic carbocycles. The number of phosphoric ester groups is 1. The molecule has 0 saturated heterocycles. The molecule has 0 aromatic rings. The van der Waals surface area contributed by atoms with Crippen molar-refractivity contribution in [1.29, 1.82) is 0 Å². The molecule has 0 aliphatic heterocycles. The lowest BCUT2D eigenvalue weighted by molar-refractivity contribution is -0.870. The van der Waals surface area contributed by atoms with Crippen LogP contribution in [0.15, 0.2) is 97.2 Å². The van der Waals surface area contributed by atoms with Crippen LogP contribution in [0.4, 0.5) is 0 Å². The van der Waals surface area contributed by atoms with Gasteiger partial charge in [-0.25, -0.2) is 4.57 Å². The van der Waals surface area contributed by atoms with E-state index in [4.69, 9.17) is 13.8 Å². The number of likely N-dealkylation sites (N-methyl/N-ethyl adjacent to an activating group) is 1. The van der Waals surface area contributed by atoms with Gasteiger partial charge in [-0.05, 0) is 109 Å². The smallest absolute Gasteiger partial charge is 0.456 e. The van der Waals surface area contributed by atoms with Gasteiger partial charge in [-0.15, -0.1) is 0 Å². The Hall–Kier alpha value is -3.07. The van der Waals surface area contributed by atoms with Crippen molar-refractivity contribution >= 4 is 19.7 Å². The van der Waals surface area contributed by atoms with E-state index >= 15 is 0 Å². The molecule has 10 heteroatoms. The summed E-state index contributed by atoms with van der Waals surface area (Å²) >= 11 is 0. The average Bonchev–Trinajstić information content (AvgIpc) is 3.52. The van der Waals surface area contributed by atoms with Crippen molar-refractivity contribution in [3.05, 3.63) is 97.2 Å². The van der Waals surface area contributed by atoms with Crippen LogP contribution in [-0.4, -0.2) is 74.3 Å². The highest BCUT2D eigenvalue weighted by molar-refractivity contribution is 7.47. The van der Waals surface area contributed by atoms with Crippen LogP contribution in [0, 0.1) is 0 Å². The number of hydrogen-bond donors (Lipinski definition) is 2. The fraction of sp³-hybridized carbons (Fsp3) is 0.760. The first kappa shape index (κ1) is 81.9. The topological polar surface area (TPSA) is 111 Å². The second kappa shape index (κ2) is 63.9. The summed E-state index contributed by atoms with van der Waals surface area (Å²) < 4.78 is 30.8. The fourth-order valence-corrected chi connectivity index (χ4v) is 10.8. The molecule has 0 heterocycles. The highest BCUT2D eigenvalue weighted by atomic mass is 31.2. The van der Waals surface area contributed by atoms with E-state index in [1.54, 1.807) is 0 Å². The van der Waals surface area contributed by atoms with E-state index in [1.807, 2.05) is 33.3 Å². The lowest BCUT2D eigenvalue weighted by Crippen LogP contribution is -2.47. The lowest BCUT2D eigenvalue weighted by atomic mass is 10.0. The van der Waals surface area contributed by atoms with Crippen LogP contribution in [-0.2, 0) is 27.9 Å². The molecular formula is C75H136N2O7P+. The molecule has 3 unspecified atom stereocenters. The summed E-state index contributed by atoms with van der Waals surface area (Å²) in [5, 5.41) is 3.07. The molecule has 0 aliphatic rings. The number of ether oxygens (including phenoxy) is 1. The molecule has 1 amide bonds. The summed E-state index contributed by atoms with van der Waals surface area (Å²) in [7, 11) is 1.48. The monoisotopic (exact) mass is 1210 g/mol. The van der Waals surface area contributed by atoms with E-state index in [-0.39, 0.29) is 31.5 Å². The highest BCUT2D eigenvalue weighted by Crippen LogP contribution is 2.43. The number of carbonyl (C=O) groups excluding carboxylic acids is 2. The van der Waals surface area contributed by atoms with Crippen molar-refractivity contribution in [3.63, 3.8) is 0 Å². The van der Waals surface area contributed by atoms with Crippen molar-refractivity contribution in [2.24, 2.45) is 0 Å². The Bertz CT molecular complexity index is 1780. The van der Waals surface area contributed by atoms with E-state index in [0.717, 1.165) is 103 Å². The third-order valence-electron chi connectivity index (χ3n) is 15.5. The van der Waals surface area contributed by atoms with E-state index in [0.29, 0.717) is 23.9 Å². The van der Waals surface area contributed by atoms with Gasteiger partial charge in [0.05, 0.1) is 33.8 Å². The Labute approximate surface area is 526 Å². The minimum Gasteiger partial charge on any atom is -0.456 e. The normalized spacial score (nSPS) is 14.1. The van der Waals surface area contributed by atoms with Gasteiger partial charge >= 0.3 is 13.8 Å². The number of quaternary nitrogens is 1. The van der Waals surface area contributed by atoms with Crippen LogP contribution >= 0.6 is 7.82 Å². The first-order valence-corrected chi connectivity index (χ1v) is 37.1. The Kier molecular flexibility index (Phi) is 61.6. The molecule has 0 saturated carbocycles. The first-order valence-electron chi connectivity index (χ1n) is 35.6. The molecule has 0 spiro atoms. The van der Waals surface area contributed by atoms with Crippen LogP contribution in [0.25, 0.3) is 0 Å². The fourth-order valence-electron chi connectivity index (χ4n) is 10.1. The second-order valence-electron chi connectivity index (χ2n) is 25.0. The lowest BCUT2D eigenvalue weighted by Gasteiger charge is -2.27. The van der Waals surface area contributed by atoms with Gasteiger partial charge in [0.1, 0.15) is 19.3 Å². The molecule has 2 N–H and O–H groups in total. The number of allylic oxidation sites excluding steroid dienone is 15. The van der Waals surface area contributed by atoms with Gasteiger partial charge in [-0.1, -0.05) is 292 Å². The van der Waals surface area contributed by atoms with Crippen molar-refractivity contribution in [2.45, 2.75) is 328 Å². The van der Waals surface area contributed by atoms with E-state index in [2.05, 4.69) is 111 Å². The number of nitrogens with zero attached hydrogens (tertiary/aromatic N) is 1. The quantitative estimate of drug-likeness (QED) is 0.0205. The zero-order valence-electron chi connectivity index (χ0n) is 56.3. The number of carbonyl (C=O) groups is 2. The Morgan fingerprint density at radius 2 is 0.753 bits per heavy atom. The molecule has 9 nitrogen and oxygen atoms in total. The van der Waals surface area contributed by atoms with Gasteiger partial charge in [-0.3, -0.25) is 18.6 Å². The molecule has 492 valence electrons. The first-order chi connectivity index (χ1) is 41.4. The predicted octanol–water partition coefficient (Wildman–Crippen LogP) is 22.7. The van der Waals surface area contributed by atoms with Crippen LogP contribution in [0.1, 0.15) is 316 Å². The van der Waals surface area contributed by atoms with Crippen LogP contribution in [0.5, 0.6) is 0 Å². The van der Waals surface area contributed by atoms with Crippen molar-refractivity contribution in [2.75, 3.05) is 40.9 Å².